The number of ether oxygens (including phenoxy) is 3. The third-order valence-corrected chi connectivity index (χ3v) is 3.83. The number of unbranched alkanes of at least 4 members (excludes halogenated alkanes) is 1. The molecule has 1 unspecified atom stereocenters. The number of carboxylic acid groups (broad SMARTS) is 1. The van der Waals surface area contributed by atoms with E-state index in [-0.39, 0.29) is 30.4 Å². The van der Waals surface area contributed by atoms with E-state index in [4.69, 9.17) is 14.2 Å². The highest BCUT2D eigenvalue weighted by Gasteiger charge is 2.26. The first-order chi connectivity index (χ1) is 12.4. The van der Waals surface area contributed by atoms with E-state index < -0.39 is 17.9 Å². The molecular formula is C19H22O7. The summed E-state index contributed by atoms with van der Waals surface area (Å²) in [5.41, 5.74) is 1.06. The second-order valence-electron chi connectivity index (χ2n) is 6.06. The van der Waals surface area contributed by atoms with Gasteiger partial charge in [0.2, 0.25) is 0 Å². The minimum absolute atomic E-state index is 0.0620. The lowest BCUT2D eigenvalue weighted by atomic mass is 9.96. The number of benzene rings is 1. The van der Waals surface area contributed by atoms with Crippen LogP contribution in [-0.2, 0) is 25.4 Å². The third-order valence-electron chi connectivity index (χ3n) is 3.83. The van der Waals surface area contributed by atoms with Crippen LogP contribution in [0.15, 0.2) is 30.4 Å². The van der Waals surface area contributed by atoms with Gasteiger partial charge in [-0.25, -0.2) is 14.4 Å². The predicted octanol–water partition coefficient (Wildman–Crippen LogP) is 2.38. The minimum Gasteiger partial charge on any atom is -0.478 e. The molecule has 1 aliphatic rings. The number of carbonyl (C=O) groups is 3. The van der Waals surface area contributed by atoms with Crippen molar-refractivity contribution in [1.29, 1.82) is 0 Å². The summed E-state index contributed by atoms with van der Waals surface area (Å²) in [5.74, 6) is -2.12. The van der Waals surface area contributed by atoms with E-state index >= 15 is 0 Å². The molecule has 1 atom stereocenters. The summed E-state index contributed by atoms with van der Waals surface area (Å²) in [6, 6.07) is 4.53. The molecule has 0 aromatic heterocycles. The van der Waals surface area contributed by atoms with E-state index in [1.807, 2.05) is 0 Å². The topological polar surface area (TPSA) is 102 Å². The fraction of sp³-hybridized carbons (Fsp3) is 0.421. The van der Waals surface area contributed by atoms with Gasteiger partial charge in [-0.3, -0.25) is 0 Å². The van der Waals surface area contributed by atoms with Crippen LogP contribution in [0.3, 0.4) is 0 Å². The Balaban J connectivity index is 1.99. The van der Waals surface area contributed by atoms with Gasteiger partial charge in [0.05, 0.1) is 24.3 Å². The molecule has 0 spiro atoms. The van der Waals surface area contributed by atoms with Crippen molar-refractivity contribution >= 4 is 17.9 Å². The quantitative estimate of drug-likeness (QED) is 0.295. The number of rotatable bonds is 10. The summed E-state index contributed by atoms with van der Waals surface area (Å²) in [5, 5.41) is 9.39. The van der Waals surface area contributed by atoms with Crippen molar-refractivity contribution < 1.29 is 33.7 Å². The Labute approximate surface area is 151 Å². The molecule has 0 radical (unpaired) electrons. The summed E-state index contributed by atoms with van der Waals surface area (Å²) in [4.78, 5) is 35.1. The lowest BCUT2D eigenvalue weighted by molar-refractivity contribution is -0.139. The Morgan fingerprint density at radius 2 is 1.92 bits per heavy atom. The Morgan fingerprint density at radius 1 is 1.23 bits per heavy atom. The van der Waals surface area contributed by atoms with Crippen molar-refractivity contribution in [2.45, 2.75) is 32.3 Å². The highest BCUT2D eigenvalue weighted by atomic mass is 16.6. The Bertz CT molecular complexity index is 704. The van der Waals surface area contributed by atoms with Crippen molar-refractivity contribution in [3.8, 4) is 0 Å². The fourth-order valence-corrected chi connectivity index (χ4v) is 2.35. The van der Waals surface area contributed by atoms with Gasteiger partial charge in [0, 0.05) is 5.57 Å². The number of carboxylic acids is 1. The van der Waals surface area contributed by atoms with Gasteiger partial charge in [0.1, 0.15) is 12.7 Å². The summed E-state index contributed by atoms with van der Waals surface area (Å²) in [6.45, 7) is 6.00. The Hall–Kier alpha value is -2.67. The van der Waals surface area contributed by atoms with Crippen LogP contribution in [0.4, 0.5) is 0 Å². The number of hydrogen-bond donors (Lipinski definition) is 1. The lowest BCUT2D eigenvalue weighted by Crippen LogP contribution is -2.15. The number of hydrogen-bond acceptors (Lipinski definition) is 6. The van der Waals surface area contributed by atoms with Crippen molar-refractivity contribution in [3.05, 3.63) is 47.0 Å². The van der Waals surface area contributed by atoms with Gasteiger partial charge < -0.3 is 19.3 Å². The molecule has 1 aromatic carbocycles. The number of epoxide rings is 1. The Kier molecular flexibility index (Phi) is 6.91. The minimum atomic E-state index is -1.10. The number of aromatic carboxylic acids is 1. The molecule has 1 aliphatic heterocycles. The van der Waals surface area contributed by atoms with Crippen LogP contribution in [0.1, 0.15) is 46.0 Å². The summed E-state index contributed by atoms with van der Waals surface area (Å²) in [7, 11) is 0. The smallest absolute Gasteiger partial charge is 0.338 e. The van der Waals surface area contributed by atoms with Crippen LogP contribution in [-0.4, -0.2) is 48.9 Å². The molecule has 0 aliphatic carbocycles. The molecule has 140 valence electrons. The van der Waals surface area contributed by atoms with Crippen molar-refractivity contribution in [3.63, 3.8) is 0 Å². The van der Waals surface area contributed by atoms with E-state index in [2.05, 4.69) is 6.58 Å². The fourth-order valence-electron chi connectivity index (χ4n) is 2.35. The highest BCUT2D eigenvalue weighted by molar-refractivity contribution is 5.97. The standard InChI is InChI=1S/C19H22O7/c1-12(2)18(22)24-9-4-3-6-14-15(17(20)21)7-5-8-16(14)19(23)26-11-13-10-25-13/h5,7-8,13H,1,3-4,6,9-11H2,2H3,(H,20,21). The van der Waals surface area contributed by atoms with Crippen LogP contribution >= 0.6 is 0 Å². The maximum absolute atomic E-state index is 12.3. The maximum atomic E-state index is 12.3. The first kappa shape index (κ1) is 19.7. The van der Waals surface area contributed by atoms with E-state index in [0.29, 0.717) is 37.0 Å². The second kappa shape index (κ2) is 9.15. The van der Waals surface area contributed by atoms with E-state index in [9.17, 15) is 19.5 Å². The van der Waals surface area contributed by atoms with Crippen LogP contribution in [0.25, 0.3) is 0 Å². The highest BCUT2D eigenvalue weighted by Crippen LogP contribution is 2.20. The zero-order valence-electron chi connectivity index (χ0n) is 14.7. The molecule has 1 N–H and O–H groups in total. The van der Waals surface area contributed by atoms with Crippen LogP contribution < -0.4 is 0 Å². The third kappa shape index (κ3) is 5.70. The molecule has 7 nitrogen and oxygen atoms in total. The van der Waals surface area contributed by atoms with Gasteiger partial charge >= 0.3 is 17.9 Å². The largest absolute Gasteiger partial charge is 0.478 e. The average Bonchev–Trinajstić information content (AvgIpc) is 3.43. The molecule has 2 rings (SSSR count). The molecular weight excluding hydrogens is 340 g/mol. The van der Waals surface area contributed by atoms with Crippen molar-refractivity contribution in [1.82, 2.24) is 0 Å². The van der Waals surface area contributed by atoms with Gasteiger partial charge in [-0.15, -0.1) is 0 Å². The van der Waals surface area contributed by atoms with E-state index in [0.717, 1.165) is 0 Å². The average molecular weight is 362 g/mol. The lowest BCUT2D eigenvalue weighted by Gasteiger charge is -2.12. The second-order valence-corrected chi connectivity index (χ2v) is 6.06. The van der Waals surface area contributed by atoms with Crippen LogP contribution in [0.5, 0.6) is 0 Å². The Morgan fingerprint density at radius 3 is 2.54 bits per heavy atom. The predicted molar refractivity (Wildman–Crippen MR) is 92.1 cm³/mol. The molecule has 7 heteroatoms. The summed E-state index contributed by atoms with van der Waals surface area (Å²) >= 11 is 0. The molecule has 1 aromatic rings. The molecule has 1 heterocycles. The van der Waals surface area contributed by atoms with Gasteiger partial charge in [-0.05, 0) is 43.9 Å². The van der Waals surface area contributed by atoms with Gasteiger partial charge in [-0.1, -0.05) is 12.6 Å². The first-order valence-electron chi connectivity index (χ1n) is 8.36. The van der Waals surface area contributed by atoms with Gasteiger partial charge in [-0.2, -0.15) is 0 Å². The van der Waals surface area contributed by atoms with Gasteiger partial charge in [0.15, 0.2) is 0 Å². The van der Waals surface area contributed by atoms with Crippen LogP contribution in [0, 0.1) is 0 Å². The summed E-state index contributed by atoms with van der Waals surface area (Å²) < 4.78 is 15.2. The molecule has 0 amide bonds. The van der Waals surface area contributed by atoms with Crippen molar-refractivity contribution in [2.24, 2.45) is 0 Å². The zero-order valence-corrected chi connectivity index (χ0v) is 14.7. The molecule has 1 saturated heterocycles. The molecule has 0 bridgehead atoms. The monoisotopic (exact) mass is 362 g/mol. The van der Waals surface area contributed by atoms with E-state index in [1.165, 1.54) is 12.1 Å². The molecule has 1 fully saturated rings. The van der Waals surface area contributed by atoms with Gasteiger partial charge in [0.25, 0.3) is 0 Å². The molecule has 26 heavy (non-hydrogen) atoms. The van der Waals surface area contributed by atoms with E-state index in [1.54, 1.807) is 13.0 Å². The summed E-state index contributed by atoms with van der Waals surface area (Å²) in [6.07, 6.45) is 1.39. The SMILES string of the molecule is C=C(C)C(=O)OCCCCc1c(C(=O)O)cccc1C(=O)OCC1CO1. The van der Waals surface area contributed by atoms with Crippen molar-refractivity contribution in [2.75, 3.05) is 19.8 Å². The van der Waals surface area contributed by atoms with Crippen LogP contribution in [0.2, 0.25) is 0 Å². The normalized spacial score (nSPS) is 15.2. The number of carbonyl (C=O) groups excluding carboxylic acids is 2. The molecule has 0 saturated carbocycles. The first-order valence-corrected chi connectivity index (χ1v) is 8.36. The maximum Gasteiger partial charge on any atom is 0.338 e. The zero-order chi connectivity index (χ0) is 19.1. The number of esters is 2.